The summed E-state index contributed by atoms with van der Waals surface area (Å²) in [5, 5.41) is 7.30. The SMILES string of the molecule is CCNC(=NCc1ccc(CN2CCN(C)CC2)cc1)NC1CCCC(S(=O)CC)C1. The fourth-order valence-electron chi connectivity index (χ4n) is 4.45. The number of hydrogen-bond acceptors (Lipinski definition) is 4. The first-order valence-electron chi connectivity index (χ1n) is 12.0. The Labute approximate surface area is 191 Å². The Bertz CT molecular complexity index is 715. The van der Waals surface area contributed by atoms with E-state index in [2.05, 4.69) is 58.7 Å². The van der Waals surface area contributed by atoms with E-state index in [0.29, 0.717) is 17.8 Å². The van der Waals surface area contributed by atoms with Crippen LogP contribution in [0.1, 0.15) is 50.7 Å². The second-order valence-electron chi connectivity index (χ2n) is 8.89. The van der Waals surface area contributed by atoms with Crippen LogP contribution in [0.2, 0.25) is 0 Å². The Hall–Kier alpha value is -1.44. The topological polar surface area (TPSA) is 60.0 Å². The molecule has 0 bridgehead atoms. The van der Waals surface area contributed by atoms with Crippen LogP contribution in [0, 0.1) is 0 Å². The number of piperazine rings is 1. The van der Waals surface area contributed by atoms with Crippen LogP contribution in [-0.2, 0) is 23.9 Å². The average Bonchev–Trinajstić information content (AvgIpc) is 2.80. The largest absolute Gasteiger partial charge is 0.357 e. The number of aliphatic imine (C=N–C) groups is 1. The van der Waals surface area contributed by atoms with Gasteiger partial charge in [0, 0.05) is 67.1 Å². The van der Waals surface area contributed by atoms with Gasteiger partial charge in [0.2, 0.25) is 0 Å². The molecular weight excluding hydrogens is 406 g/mol. The van der Waals surface area contributed by atoms with Crippen LogP contribution in [0.5, 0.6) is 0 Å². The molecule has 174 valence electrons. The molecule has 3 unspecified atom stereocenters. The van der Waals surface area contributed by atoms with E-state index in [1.54, 1.807) is 0 Å². The van der Waals surface area contributed by atoms with Crippen molar-refractivity contribution in [2.24, 2.45) is 4.99 Å². The van der Waals surface area contributed by atoms with Crippen LogP contribution in [0.15, 0.2) is 29.3 Å². The molecule has 1 saturated heterocycles. The first kappa shape index (κ1) is 24.2. The summed E-state index contributed by atoms with van der Waals surface area (Å²) in [6.45, 7) is 11.3. The third kappa shape index (κ3) is 7.88. The fraction of sp³-hybridized carbons (Fsp3) is 0.708. The zero-order valence-electron chi connectivity index (χ0n) is 19.6. The molecule has 2 aliphatic rings. The van der Waals surface area contributed by atoms with Crippen LogP contribution in [0.4, 0.5) is 0 Å². The molecule has 7 heteroatoms. The van der Waals surface area contributed by atoms with E-state index in [0.717, 1.165) is 76.7 Å². The molecule has 1 aliphatic heterocycles. The standard InChI is InChI=1S/C24H41N5OS/c1-4-25-24(27-22-7-6-8-23(17-22)31(30)5-2)26-18-20-9-11-21(12-10-20)19-29-15-13-28(3)14-16-29/h9-12,22-23H,4-8,13-19H2,1-3H3,(H2,25,26,27). The molecule has 1 heterocycles. The number of nitrogens with zero attached hydrogens (tertiary/aromatic N) is 3. The second-order valence-corrected chi connectivity index (χ2v) is 10.9. The van der Waals surface area contributed by atoms with E-state index in [1.165, 1.54) is 11.1 Å². The van der Waals surface area contributed by atoms with E-state index < -0.39 is 10.8 Å². The first-order chi connectivity index (χ1) is 15.1. The molecule has 1 saturated carbocycles. The maximum atomic E-state index is 12.2. The predicted molar refractivity (Wildman–Crippen MR) is 132 cm³/mol. The molecule has 31 heavy (non-hydrogen) atoms. The van der Waals surface area contributed by atoms with Crippen LogP contribution in [0.25, 0.3) is 0 Å². The van der Waals surface area contributed by atoms with Crippen LogP contribution >= 0.6 is 0 Å². The highest BCUT2D eigenvalue weighted by Crippen LogP contribution is 2.23. The number of benzene rings is 1. The number of rotatable bonds is 8. The van der Waals surface area contributed by atoms with Crippen LogP contribution in [0.3, 0.4) is 0 Å². The minimum atomic E-state index is -0.699. The van der Waals surface area contributed by atoms with E-state index >= 15 is 0 Å². The second kappa shape index (κ2) is 12.6. The van der Waals surface area contributed by atoms with E-state index in [-0.39, 0.29) is 0 Å². The van der Waals surface area contributed by atoms with Crippen LogP contribution < -0.4 is 10.6 Å². The monoisotopic (exact) mass is 447 g/mol. The number of nitrogens with one attached hydrogen (secondary N) is 2. The quantitative estimate of drug-likeness (QED) is 0.474. The molecule has 0 amide bonds. The number of likely N-dealkylation sites (N-methyl/N-ethyl adjacent to an activating group) is 1. The third-order valence-corrected chi connectivity index (χ3v) is 8.15. The molecule has 3 atom stereocenters. The summed E-state index contributed by atoms with van der Waals surface area (Å²) < 4.78 is 12.2. The van der Waals surface area contributed by atoms with Gasteiger partial charge in [-0.3, -0.25) is 9.11 Å². The van der Waals surface area contributed by atoms with Gasteiger partial charge in [0.1, 0.15) is 0 Å². The summed E-state index contributed by atoms with van der Waals surface area (Å²) in [7, 11) is 1.50. The van der Waals surface area contributed by atoms with E-state index in [1.807, 2.05) is 6.92 Å². The van der Waals surface area contributed by atoms with Crippen molar-refractivity contribution in [1.82, 2.24) is 20.4 Å². The van der Waals surface area contributed by atoms with Gasteiger partial charge in [-0.15, -0.1) is 0 Å². The summed E-state index contributed by atoms with van der Waals surface area (Å²) in [6.07, 6.45) is 4.34. The van der Waals surface area contributed by atoms with Gasteiger partial charge in [-0.1, -0.05) is 37.6 Å². The molecule has 1 aromatic carbocycles. The van der Waals surface area contributed by atoms with Crippen molar-refractivity contribution < 1.29 is 4.21 Å². The molecule has 0 radical (unpaired) electrons. The van der Waals surface area contributed by atoms with Crippen molar-refractivity contribution in [1.29, 1.82) is 0 Å². The minimum absolute atomic E-state index is 0.326. The molecule has 2 fully saturated rings. The van der Waals surface area contributed by atoms with Crippen LogP contribution in [-0.4, -0.2) is 76.8 Å². The molecule has 1 aromatic rings. The van der Waals surface area contributed by atoms with Crippen molar-refractivity contribution in [3.63, 3.8) is 0 Å². The molecule has 6 nitrogen and oxygen atoms in total. The lowest BCUT2D eigenvalue weighted by atomic mass is 9.95. The zero-order chi connectivity index (χ0) is 22.1. The van der Waals surface area contributed by atoms with Crippen molar-refractivity contribution in [2.45, 2.75) is 63.9 Å². The fourth-order valence-corrected chi connectivity index (χ4v) is 5.80. The first-order valence-corrected chi connectivity index (χ1v) is 13.4. The van der Waals surface area contributed by atoms with Gasteiger partial charge in [-0.05, 0) is 44.4 Å². The lowest BCUT2D eigenvalue weighted by Gasteiger charge is -2.32. The molecule has 3 rings (SSSR count). The van der Waals surface area contributed by atoms with Gasteiger partial charge < -0.3 is 15.5 Å². The summed E-state index contributed by atoms with van der Waals surface area (Å²) in [5.41, 5.74) is 2.60. The lowest BCUT2D eigenvalue weighted by molar-refractivity contribution is 0.148. The lowest BCUT2D eigenvalue weighted by Crippen LogP contribution is -2.46. The van der Waals surface area contributed by atoms with E-state index in [9.17, 15) is 4.21 Å². The summed E-state index contributed by atoms with van der Waals surface area (Å²) in [6, 6.07) is 9.27. The maximum absolute atomic E-state index is 12.2. The van der Waals surface area contributed by atoms with Gasteiger partial charge in [-0.25, -0.2) is 4.99 Å². The summed E-state index contributed by atoms with van der Waals surface area (Å²) in [5.74, 6) is 1.63. The highest BCUT2D eigenvalue weighted by molar-refractivity contribution is 7.85. The molecule has 2 N–H and O–H groups in total. The molecular formula is C24H41N5OS. The Morgan fingerprint density at radius 3 is 2.48 bits per heavy atom. The van der Waals surface area contributed by atoms with Crippen molar-refractivity contribution in [3.05, 3.63) is 35.4 Å². The number of guanidine groups is 1. The van der Waals surface area contributed by atoms with Gasteiger partial charge in [0.25, 0.3) is 0 Å². The number of hydrogen-bond donors (Lipinski definition) is 2. The Morgan fingerprint density at radius 2 is 1.81 bits per heavy atom. The maximum Gasteiger partial charge on any atom is 0.191 e. The normalized spacial score (nSPS) is 24.7. The average molecular weight is 448 g/mol. The van der Waals surface area contributed by atoms with Crippen molar-refractivity contribution >= 4 is 16.8 Å². The van der Waals surface area contributed by atoms with Gasteiger partial charge in [-0.2, -0.15) is 0 Å². The smallest absolute Gasteiger partial charge is 0.191 e. The Balaban J connectivity index is 1.52. The molecule has 1 aliphatic carbocycles. The minimum Gasteiger partial charge on any atom is -0.357 e. The third-order valence-electron chi connectivity index (χ3n) is 6.41. The highest BCUT2D eigenvalue weighted by atomic mass is 32.2. The van der Waals surface area contributed by atoms with Gasteiger partial charge in [0.05, 0.1) is 6.54 Å². The van der Waals surface area contributed by atoms with Crippen molar-refractivity contribution in [3.8, 4) is 0 Å². The molecule has 0 spiro atoms. The summed E-state index contributed by atoms with van der Waals surface area (Å²) >= 11 is 0. The molecule has 0 aromatic heterocycles. The Kier molecular flexibility index (Phi) is 9.81. The Morgan fingerprint density at radius 1 is 1.10 bits per heavy atom. The summed E-state index contributed by atoms with van der Waals surface area (Å²) in [4.78, 5) is 9.75. The van der Waals surface area contributed by atoms with Crippen molar-refractivity contribution in [2.75, 3.05) is 45.5 Å². The van der Waals surface area contributed by atoms with Gasteiger partial charge >= 0.3 is 0 Å². The van der Waals surface area contributed by atoms with Gasteiger partial charge in [0.15, 0.2) is 5.96 Å². The zero-order valence-corrected chi connectivity index (χ0v) is 20.4. The van der Waals surface area contributed by atoms with E-state index in [4.69, 9.17) is 4.99 Å². The predicted octanol–water partition coefficient (Wildman–Crippen LogP) is 2.57. The highest BCUT2D eigenvalue weighted by Gasteiger charge is 2.26.